The standard InChI is InChI=1S/C29H54B2S2/c1-2-16-25-17-13-14-19-26-23-24-27(20-15-18-25)31-33-29-22-12-10-8-6-4-3-5-7-9-11-21-28(29)32-30-26/h25-29H,2-24H2,1H3. The van der Waals surface area contributed by atoms with E-state index in [9.17, 15) is 0 Å². The van der Waals surface area contributed by atoms with Crippen LogP contribution in [0, 0.1) is 5.92 Å². The van der Waals surface area contributed by atoms with Crippen molar-refractivity contribution in [3.63, 3.8) is 0 Å². The first-order chi connectivity index (χ1) is 16.3. The van der Waals surface area contributed by atoms with Crippen LogP contribution in [-0.4, -0.2) is 23.6 Å². The van der Waals surface area contributed by atoms with Gasteiger partial charge in [-0.2, -0.15) is 0 Å². The van der Waals surface area contributed by atoms with Gasteiger partial charge in [0.25, 0.3) is 0 Å². The molecule has 3 rings (SSSR count). The third-order valence-corrected chi connectivity index (χ3v) is 11.8. The lowest BCUT2D eigenvalue weighted by Crippen LogP contribution is -2.25. The van der Waals surface area contributed by atoms with E-state index in [2.05, 4.69) is 43.3 Å². The van der Waals surface area contributed by atoms with Gasteiger partial charge in [0, 0.05) is 10.5 Å². The van der Waals surface area contributed by atoms with Gasteiger partial charge in [-0.1, -0.05) is 153 Å². The van der Waals surface area contributed by atoms with Crippen molar-refractivity contribution in [1.29, 1.82) is 0 Å². The summed E-state index contributed by atoms with van der Waals surface area (Å²) in [4.78, 5) is 0. The van der Waals surface area contributed by atoms with Gasteiger partial charge in [0.05, 0.1) is 0 Å². The monoisotopic (exact) mass is 488 g/mol. The van der Waals surface area contributed by atoms with Crippen LogP contribution in [0.2, 0.25) is 11.6 Å². The molecule has 3 fully saturated rings. The van der Waals surface area contributed by atoms with Gasteiger partial charge >= 0.3 is 0 Å². The van der Waals surface area contributed by atoms with Gasteiger partial charge in [-0.05, 0) is 18.8 Å². The summed E-state index contributed by atoms with van der Waals surface area (Å²) in [7, 11) is 0. The highest BCUT2D eigenvalue weighted by Gasteiger charge is 2.28. The number of fused-ring (bicyclic) bond motifs is 4. The van der Waals surface area contributed by atoms with Gasteiger partial charge in [0.15, 0.2) is 13.1 Å². The summed E-state index contributed by atoms with van der Waals surface area (Å²) in [5.74, 6) is 2.74. The van der Waals surface area contributed by atoms with Gasteiger partial charge in [-0.25, -0.2) is 23.2 Å². The molecule has 2 bridgehead atoms. The molecular weight excluding hydrogens is 434 g/mol. The average molecular weight is 489 g/mol. The minimum atomic E-state index is 0.858. The quantitative estimate of drug-likeness (QED) is 0.355. The van der Waals surface area contributed by atoms with Crippen LogP contribution in [0.3, 0.4) is 0 Å². The molecule has 4 heteroatoms. The van der Waals surface area contributed by atoms with Crippen molar-refractivity contribution in [2.45, 2.75) is 177 Å². The van der Waals surface area contributed by atoms with E-state index in [1.165, 1.54) is 148 Å². The van der Waals surface area contributed by atoms with Gasteiger partial charge in [0.1, 0.15) is 0 Å². The highest BCUT2D eigenvalue weighted by atomic mass is 32.2. The van der Waals surface area contributed by atoms with Crippen molar-refractivity contribution in [1.82, 2.24) is 0 Å². The van der Waals surface area contributed by atoms with Crippen LogP contribution >= 0.6 is 23.2 Å². The molecule has 0 N–H and O–H groups in total. The maximum Gasteiger partial charge on any atom is 0.195 e. The van der Waals surface area contributed by atoms with Crippen molar-refractivity contribution in [2.24, 2.45) is 5.92 Å². The fraction of sp³-hybridized carbons (Fsp3) is 1.00. The van der Waals surface area contributed by atoms with E-state index < -0.39 is 0 Å². The van der Waals surface area contributed by atoms with E-state index in [1.807, 2.05) is 0 Å². The average Bonchev–Trinajstić information content (AvgIpc) is 2.81. The van der Waals surface area contributed by atoms with Gasteiger partial charge in [-0.15, -0.1) is 0 Å². The molecule has 3 aliphatic rings. The Hall–Kier alpha value is 0.830. The number of rotatable bonds is 2. The first-order valence-corrected chi connectivity index (χ1v) is 17.2. The molecule has 0 aromatic heterocycles. The second-order valence-corrected chi connectivity index (χ2v) is 14.0. The molecule has 2 radical (unpaired) electrons. The van der Waals surface area contributed by atoms with Crippen molar-refractivity contribution in [2.75, 3.05) is 0 Å². The summed E-state index contributed by atoms with van der Waals surface area (Å²) in [5, 5.41) is 1.72. The Kier molecular flexibility index (Phi) is 15.6. The molecule has 1 heterocycles. The molecule has 0 nitrogen and oxygen atoms in total. The Labute approximate surface area is 218 Å². The SMILES string of the molecule is CCCC1CCCCC2[B]SC3CCCCCCCCCCCCC3S[B]C(CCC1)CC2. The molecule has 33 heavy (non-hydrogen) atoms. The predicted molar refractivity (Wildman–Crippen MR) is 157 cm³/mol. The van der Waals surface area contributed by atoms with Crippen LogP contribution < -0.4 is 0 Å². The van der Waals surface area contributed by atoms with Crippen molar-refractivity contribution >= 4 is 36.3 Å². The van der Waals surface area contributed by atoms with Crippen LogP contribution in [0.5, 0.6) is 0 Å². The minimum Gasteiger partial charge on any atom is -0.213 e. The highest BCUT2D eigenvalue weighted by molar-refractivity contribution is 8.26. The lowest BCUT2D eigenvalue weighted by molar-refractivity contribution is 0.371. The van der Waals surface area contributed by atoms with Crippen LogP contribution in [0.15, 0.2) is 0 Å². The van der Waals surface area contributed by atoms with Crippen LogP contribution in [0.1, 0.15) is 155 Å². The molecule has 0 spiro atoms. The zero-order valence-corrected chi connectivity index (χ0v) is 23.8. The van der Waals surface area contributed by atoms with E-state index >= 15 is 0 Å². The van der Waals surface area contributed by atoms with E-state index in [0.29, 0.717) is 0 Å². The highest BCUT2D eigenvalue weighted by Crippen LogP contribution is 2.41. The Balaban J connectivity index is 1.63. The van der Waals surface area contributed by atoms with Crippen LogP contribution in [0.4, 0.5) is 0 Å². The molecule has 0 amide bonds. The topological polar surface area (TPSA) is 0 Å². The molecule has 2 aliphatic carbocycles. The summed E-state index contributed by atoms with van der Waals surface area (Å²) < 4.78 is 0. The summed E-state index contributed by atoms with van der Waals surface area (Å²) >= 11 is 4.61. The first-order valence-electron chi connectivity index (χ1n) is 15.3. The largest absolute Gasteiger partial charge is 0.213 e. The number of hydrogen-bond acceptors (Lipinski definition) is 2. The molecule has 5 unspecified atom stereocenters. The van der Waals surface area contributed by atoms with Crippen molar-refractivity contribution in [3.8, 4) is 0 Å². The molecule has 5 atom stereocenters. The normalized spacial score (nSPS) is 34.9. The predicted octanol–water partition coefficient (Wildman–Crippen LogP) is 10.7. The van der Waals surface area contributed by atoms with Gasteiger partial charge < -0.3 is 0 Å². The molecule has 188 valence electrons. The van der Waals surface area contributed by atoms with Gasteiger partial charge in [0.2, 0.25) is 0 Å². The van der Waals surface area contributed by atoms with Gasteiger partial charge in [-0.3, -0.25) is 0 Å². The van der Waals surface area contributed by atoms with Crippen LogP contribution in [-0.2, 0) is 0 Å². The third-order valence-electron chi connectivity index (χ3n) is 8.76. The molecule has 0 aromatic carbocycles. The zero-order chi connectivity index (χ0) is 23.0. The lowest BCUT2D eigenvalue weighted by Gasteiger charge is -2.32. The Morgan fingerprint density at radius 2 is 0.909 bits per heavy atom. The molecule has 2 saturated carbocycles. The number of hydrogen-bond donors (Lipinski definition) is 0. The molecule has 1 saturated heterocycles. The minimum absolute atomic E-state index is 0.858. The van der Waals surface area contributed by atoms with Crippen molar-refractivity contribution < 1.29 is 0 Å². The van der Waals surface area contributed by atoms with E-state index in [4.69, 9.17) is 0 Å². The Morgan fingerprint density at radius 1 is 0.485 bits per heavy atom. The van der Waals surface area contributed by atoms with E-state index in [1.54, 1.807) is 0 Å². The molecular formula is C29H54B2S2. The fourth-order valence-electron chi connectivity index (χ4n) is 6.55. The maximum atomic E-state index is 2.78. The Morgan fingerprint density at radius 3 is 1.45 bits per heavy atom. The second-order valence-electron chi connectivity index (χ2n) is 11.7. The fourth-order valence-corrected chi connectivity index (χ4v) is 9.56. The van der Waals surface area contributed by atoms with Crippen molar-refractivity contribution in [3.05, 3.63) is 0 Å². The lowest BCUT2D eigenvalue weighted by atomic mass is 9.70. The summed E-state index contributed by atoms with van der Waals surface area (Å²) in [5.41, 5.74) is 0. The van der Waals surface area contributed by atoms with E-state index in [0.717, 1.165) is 28.1 Å². The van der Waals surface area contributed by atoms with E-state index in [-0.39, 0.29) is 0 Å². The third kappa shape index (κ3) is 12.1. The summed E-state index contributed by atoms with van der Waals surface area (Å²) in [6.07, 6.45) is 33.8. The zero-order valence-electron chi connectivity index (χ0n) is 22.1. The maximum absolute atomic E-state index is 2.78. The second kappa shape index (κ2) is 18.1. The van der Waals surface area contributed by atoms with Crippen LogP contribution in [0.25, 0.3) is 0 Å². The Bertz CT molecular complexity index is 475. The first kappa shape index (κ1) is 28.4. The molecule has 0 aromatic rings. The summed E-state index contributed by atoms with van der Waals surface area (Å²) in [6, 6.07) is 0. The smallest absolute Gasteiger partial charge is 0.195 e. The molecule has 1 aliphatic heterocycles. The summed E-state index contributed by atoms with van der Waals surface area (Å²) in [6.45, 7) is 7.95.